The molecule has 1 heterocycles. The summed E-state index contributed by atoms with van der Waals surface area (Å²) in [6.07, 6.45) is 0. The highest BCUT2D eigenvalue weighted by molar-refractivity contribution is 8.12. The number of aryl methyl sites for hydroxylation is 1. The highest BCUT2D eigenvalue weighted by Crippen LogP contribution is 2.25. The Hall–Kier alpha value is -2.38. The molecule has 116 valence electrons. The molecule has 2 aromatic carbocycles. The zero-order valence-electron chi connectivity index (χ0n) is 12.2. The Morgan fingerprint density at radius 3 is 2.61 bits per heavy atom. The number of carbonyl (C=O) groups is 2. The first-order valence-corrected chi connectivity index (χ1v) is 8.46. The molecule has 0 atom stereocenters. The second-order valence-corrected chi connectivity index (χ2v) is 6.56. The number of carbonyl (C=O) groups excluding carboxylic acids is 2. The fourth-order valence-corrected chi connectivity index (χ4v) is 3.43. The monoisotopic (exact) mass is 343 g/mol. The molecule has 23 heavy (non-hydrogen) atoms. The zero-order valence-corrected chi connectivity index (χ0v) is 13.8. The second-order valence-electron chi connectivity index (χ2n) is 4.75. The van der Waals surface area contributed by atoms with Crippen molar-refractivity contribution in [3.8, 4) is 0 Å². The smallest absolute Gasteiger partial charge is 0.283 e. The molecule has 0 aliphatic heterocycles. The standard InChI is InChI=1S/C16H13N3O2S2/c1-10-6-2-3-7-11(10)14(20)23-19-15(21)18-16-17-12-8-4-5-9-13(12)22-16/h2-9H,1H3,(H2,17,18,19,21). The number of nitrogens with zero attached hydrogens (tertiary/aromatic N) is 1. The Morgan fingerprint density at radius 2 is 1.83 bits per heavy atom. The van der Waals surface area contributed by atoms with Gasteiger partial charge < -0.3 is 0 Å². The number of rotatable bonds is 2. The Morgan fingerprint density at radius 1 is 1.09 bits per heavy atom. The molecule has 0 aliphatic rings. The number of aromatic nitrogens is 1. The zero-order chi connectivity index (χ0) is 16.2. The Bertz CT molecular complexity index is 843. The van der Waals surface area contributed by atoms with Crippen molar-refractivity contribution in [3.63, 3.8) is 0 Å². The molecule has 0 bridgehead atoms. The van der Waals surface area contributed by atoms with Gasteiger partial charge in [-0.15, -0.1) is 0 Å². The summed E-state index contributed by atoms with van der Waals surface area (Å²) in [6, 6.07) is 14.4. The first-order valence-electron chi connectivity index (χ1n) is 6.83. The number of fused-ring (bicyclic) bond motifs is 1. The lowest BCUT2D eigenvalue weighted by Crippen LogP contribution is -2.24. The minimum Gasteiger partial charge on any atom is -0.283 e. The van der Waals surface area contributed by atoms with Crippen molar-refractivity contribution in [3.05, 3.63) is 59.7 Å². The second kappa shape index (κ2) is 6.80. The summed E-state index contributed by atoms with van der Waals surface area (Å²) in [5, 5.41) is 2.92. The summed E-state index contributed by atoms with van der Waals surface area (Å²) in [4.78, 5) is 28.3. The van der Waals surface area contributed by atoms with E-state index in [9.17, 15) is 9.59 Å². The van der Waals surface area contributed by atoms with Gasteiger partial charge in [-0.05, 0) is 24.6 Å². The first-order chi connectivity index (χ1) is 11.1. The maximum atomic E-state index is 12.1. The quantitative estimate of drug-likeness (QED) is 0.684. The summed E-state index contributed by atoms with van der Waals surface area (Å²) < 4.78 is 3.48. The van der Waals surface area contributed by atoms with Gasteiger partial charge in [0.25, 0.3) is 0 Å². The molecule has 3 rings (SSSR count). The fraction of sp³-hybridized carbons (Fsp3) is 0.0625. The van der Waals surface area contributed by atoms with Crippen molar-refractivity contribution in [1.29, 1.82) is 0 Å². The first kappa shape index (κ1) is 15.5. The number of thiazole rings is 1. The van der Waals surface area contributed by atoms with E-state index in [0.717, 1.165) is 27.7 Å². The van der Waals surface area contributed by atoms with E-state index in [-0.39, 0.29) is 5.12 Å². The SMILES string of the molecule is Cc1ccccc1C(=O)SNC(=O)Nc1nc2ccccc2s1. The van der Waals surface area contributed by atoms with Crippen molar-refractivity contribution in [2.75, 3.05) is 5.32 Å². The van der Waals surface area contributed by atoms with E-state index in [4.69, 9.17) is 0 Å². The summed E-state index contributed by atoms with van der Waals surface area (Å²) in [5.41, 5.74) is 2.28. The molecule has 0 aliphatic carbocycles. The molecule has 3 aromatic rings. The molecule has 7 heteroatoms. The number of anilines is 1. The van der Waals surface area contributed by atoms with Gasteiger partial charge in [-0.3, -0.25) is 14.8 Å². The number of benzene rings is 2. The molecular weight excluding hydrogens is 330 g/mol. The van der Waals surface area contributed by atoms with E-state index >= 15 is 0 Å². The van der Waals surface area contributed by atoms with Crippen molar-refractivity contribution in [2.45, 2.75) is 6.92 Å². The van der Waals surface area contributed by atoms with Gasteiger partial charge in [0.05, 0.1) is 10.2 Å². The highest BCUT2D eigenvalue weighted by Gasteiger charge is 2.12. The minimum absolute atomic E-state index is 0.206. The van der Waals surface area contributed by atoms with Gasteiger partial charge in [0.2, 0.25) is 5.12 Å². The summed E-state index contributed by atoms with van der Waals surface area (Å²) >= 11 is 2.14. The number of nitrogens with one attached hydrogen (secondary N) is 2. The van der Waals surface area contributed by atoms with Crippen molar-refractivity contribution in [2.24, 2.45) is 0 Å². The Kier molecular flexibility index (Phi) is 4.59. The van der Waals surface area contributed by atoms with E-state index in [1.807, 2.05) is 43.3 Å². The molecule has 0 unspecified atom stereocenters. The van der Waals surface area contributed by atoms with Crippen LogP contribution in [-0.4, -0.2) is 16.1 Å². The van der Waals surface area contributed by atoms with Crippen LogP contribution in [0.25, 0.3) is 10.2 Å². The number of para-hydroxylation sites is 1. The molecule has 0 spiro atoms. The van der Waals surface area contributed by atoms with Crippen molar-refractivity contribution < 1.29 is 9.59 Å². The number of hydrogen-bond donors (Lipinski definition) is 2. The Balaban J connectivity index is 1.59. The Labute approximate surface area is 141 Å². The number of amides is 2. The van der Waals surface area contributed by atoms with E-state index in [1.54, 1.807) is 12.1 Å². The van der Waals surface area contributed by atoms with Crippen LogP contribution in [0.5, 0.6) is 0 Å². The molecule has 1 aromatic heterocycles. The van der Waals surface area contributed by atoms with Gasteiger partial charge in [0.1, 0.15) is 0 Å². The van der Waals surface area contributed by atoms with Gasteiger partial charge in [-0.25, -0.2) is 9.78 Å². The largest absolute Gasteiger partial charge is 0.331 e. The molecular formula is C16H13N3O2S2. The summed E-state index contributed by atoms with van der Waals surface area (Å²) in [6.45, 7) is 1.86. The van der Waals surface area contributed by atoms with E-state index in [0.29, 0.717) is 10.7 Å². The van der Waals surface area contributed by atoms with Gasteiger partial charge in [0, 0.05) is 17.5 Å². The van der Waals surface area contributed by atoms with Crippen LogP contribution in [0.15, 0.2) is 48.5 Å². The molecule has 0 fully saturated rings. The molecule has 0 saturated carbocycles. The third kappa shape index (κ3) is 3.69. The van der Waals surface area contributed by atoms with Crippen LogP contribution in [0.3, 0.4) is 0 Å². The van der Waals surface area contributed by atoms with Crippen molar-refractivity contribution >= 4 is 49.8 Å². The molecule has 0 saturated heterocycles. The normalized spacial score (nSPS) is 10.5. The average Bonchev–Trinajstić information content (AvgIpc) is 2.95. The summed E-state index contributed by atoms with van der Waals surface area (Å²) in [5.74, 6) is 0. The minimum atomic E-state index is -0.476. The predicted molar refractivity (Wildman–Crippen MR) is 94.9 cm³/mol. The van der Waals surface area contributed by atoms with Crippen LogP contribution in [0.2, 0.25) is 0 Å². The topological polar surface area (TPSA) is 71.1 Å². The van der Waals surface area contributed by atoms with E-state index in [2.05, 4.69) is 15.0 Å². The van der Waals surface area contributed by atoms with Gasteiger partial charge in [-0.2, -0.15) is 0 Å². The number of hydrogen-bond acceptors (Lipinski definition) is 5. The van der Waals surface area contributed by atoms with E-state index < -0.39 is 6.03 Å². The highest BCUT2D eigenvalue weighted by atomic mass is 32.2. The third-order valence-corrected chi connectivity index (χ3v) is 4.76. The summed E-state index contributed by atoms with van der Waals surface area (Å²) in [7, 11) is 0. The maximum absolute atomic E-state index is 12.1. The lowest BCUT2D eigenvalue weighted by Gasteiger charge is -2.05. The van der Waals surface area contributed by atoms with Crippen LogP contribution < -0.4 is 10.0 Å². The van der Waals surface area contributed by atoms with E-state index in [1.165, 1.54) is 11.3 Å². The molecule has 2 amide bonds. The number of urea groups is 1. The lowest BCUT2D eigenvalue weighted by atomic mass is 10.1. The van der Waals surface area contributed by atoms with Crippen molar-refractivity contribution in [1.82, 2.24) is 9.71 Å². The average molecular weight is 343 g/mol. The fourth-order valence-electron chi connectivity index (χ4n) is 2.00. The van der Waals surface area contributed by atoms with Gasteiger partial charge >= 0.3 is 6.03 Å². The predicted octanol–water partition coefficient (Wildman–Crippen LogP) is 4.21. The molecule has 5 nitrogen and oxygen atoms in total. The van der Waals surface area contributed by atoms with Crippen LogP contribution in [-0.2, 0) is 0 Å². The van der Waals surface area contributed by atoms with Crippen LogP contribution >= 0.6 is 23.3 Å². The molecule has 2 N–H and O–H groups in total. The van der Waals surface area contributed by atoms with Crippen LogP contribution in [0.4, 0.5) is 9.93 Å². The third-order valence-electron chi connectivity index (χ3n) is 3.12. The molecule has 0 radical (unpaired) electrons. The lowest BCUT2D eigenvalue weighted by molar-refractivity contribution is 0.108. The van der Waals surface area contributed by atoms with Crippen LogP contribution in [0.1, 0.15) is 15.9 Å². The van der Waals surface area contributed by atoms with Crippen LogP contribution in [0, 0.1) is 6.92 Å². The van der Waals surface area contributed by atoms with Gasteiger partial charge in [-0.1, -0.05) is 47.7 Å². The van der Waals surface area contributed by atoms with Gasteiger partial charge in [0.15, 0.2) is 5.13 Å². The maximum Gasteiger partial charge on any atom is 0.331 e.